The van der Waals surface area contributed by atoms with Crippen molar-refractivity contribution in [3.8, 4) is 5.75 Å². The quantitative estimate of drug-likeness (QED) is 0.225. The van der Waals surface area contributed by atoms with Crippen LogP contribution in [0.15, 0.2) is 76.5 Å². The molecule has 6 nitrogen and oxygen atoms in total. The Morgan fingerprint density at radius 3 is 2.38 bits per heavy atom. The molecular formula is C23H17Cl2NO5S. The molecule has 0 aliphatic heterocycles. The summed E-state index contributed by atoms with van der Waals surface area (Å²) in [6, 6.07) is 17.0. The molecule has 3 aromatic rings. The smallest absolute Gasteiger partial charge is 0.372 e. The monoisotopic (exact) mass is 489 g/mol. The Kier molecular flexibility index (Phi) is 8.19. The molecule has 0 aromatic heterocycles. The van der Waals surface area contributed by atoms with E-state index < -0.39 is 11.9 Å². The van der Waals surface area contributed by atoms with Crippen molar-refractivity contribution in [1.82, 2.24) is 0 Å². The summed E-state index contributed by atoms with van der Waals surface area (Å²) >= 11 is 14.3. The molecule has 32 heavy (non-hydrogen) atoms. The number of benzene rings is 3. The molecule has 164 valence electrons. The molecule has 0 unspecified atom stereocenters. The van der Waals surface area contributed by atoms with Crippen LogP contribution in [0.3, 0.4) is 0 Å². The third kappa shape index (κ3) is 5.83. The number of anilines is 1. The summed E-state index contributed by atoms with van der Waals surface area (Å²) in [4.78, 5) is 28.7. The van der Waals surface area contributed by atoms with E-state index in [4.69, 9.17) is 33.2 Å². The molecule has 0 radical (unpaired) electrons. The van der Waals surface area contributed by atoms with Gasteiger partial charge in [-0.3, -0.25) is 9.68 Å². The lowest BCUT2D eigenvalue weighted by Crippen LogP contribution is -2.08. The number of hydrogen-bond donors (Lipinski definition) is 2. The van der Waals surface area contributed by atoms with Crippen molar-refractivity contribution < 1.29 is 24.5 Å². The number of amides is 1. The summed E-state index contributed by atoms with van der Waals surface area (Å²) in [5.74, 6) is -0.560. The minimum atomic E-state index is -0.887. The van der Waals surface area contributed by atoms with Crippen molar-refractivity contribution >= 4 is 58.6 Å². The summed E-state index contributed by atoms with van der Waals surface area (Å²) < 4.78 is 5.36. The summed E-state index contributed by atoms with van der Waals surface area (Å²) in [6.07, 6.45) is 2.87. The summed E-state index contributed by atoms with van der Waals surface area (Å²) in [5, 5.41) is 11.7. The van der Waals surface area contributed by atoms with E-state index in [9.17, 15) is 9.59 Å². The zero-order valence-corrected chi connectivity index (χ0v) is 19.0. The lowest BCUT2D eigenvalue weighted by Gasteiger charge is -2.11. The van der Waals surface area contributed by atoms with E-state index in [1.54, 1.807) is 19.3 Å². The zero-order valence-electron chi connectivity index (χ0n) is 16.7. The van der Waals surface area contributed by atoms with Crippen molar-refractivity contribution in [2.45, 2.75) is 9.79 Å². The first-order valence-electron chi connectivity index (χ1n) is 9.16. The predicted octanol–water partition coefficient (Wildman–Crippen LogP) is 6.43. The highest BCUT2D eigenvalue weighted by molar-refractivity contribution is 7.99. The number of carbonyl (C=O) groups is 2. The molecule has 0 aliphatic rings. The number of halogens is 2. The highest BCUT2D eigenvalue weighted by Crippen LogP contribution is 2.42. The highest BCUT2D eigenvalue weighted by Gasteiger charge is 2.12. The molecular weight excluding hydrogens is 473 g/mol. The number of rotatable bonds is 7. The van der Waals surface area contributed by atoms with Gasteiger partial charge in [0, 0.05) is 16.7 Å². The maximum absolute atomic E-state index is 12.2. The molecule has 0 heterocycles. The van der Waals surface area contributed by atoms with Gasteiger partial charge in [-0.05, 0) is 54.1 Å². The number of methoxy groups -OCH3 is 1. The summed E-state index contributed by atoms with van der Waals surface area (Å²) in [5.41, 5.74) is 1.19. The number of para-hydroxylation sites is 1. The third-order valence-corrected chi connectivity index (χ3v) is 6.38. The second kappa shape index (κ2) is 11.1. The van der Waals surface area contributed by atoms with Crippen molar-refractivity contribution in [2.75, 3.05) is 12.4 Å². The Morgan fingerprint density at radius 1 is 0.969 bits per heavy atom. The molecule has 1 amide bonds. The lowest BCUT2D eigenvalue weighted by atomic mass is 10.2. The van der Waals surface area contributed by atoms with Crippen LogP contribution < -0.4 is 10.1 Å². The van der Waals surface area contributed by atoms with Gasteiger partial charge in [0.15, 0.2) is 0 Å². The van der Waals surface area contributed by atoms with Gasteiger partial charge in [0.2, 0.25) is 5.91 Å². The predicted molar refractivity (Wildman–Crippen MR) is 126 cm³/mol. The molecule has 2 N–H and O–H groups in total. The topological polar surface area (TPSA) is 84.9 Å². The van der Waals surface area contributed by atoms with Gasteiger partial charge in [-0.1, -0.05) is 53.2 Å². The van der Waals surface area contributed by atoms with Crippen LogP contribution in [-0.4, -0.2) is 24.2 Å². The van der Waals surface area contributed by atoms with E-state index in [1.807, 2.05) is 30.3 Å². The standard InChI is InChI=1S/C23H17Cl2NO5S/c1-30-17-4-2-3-5-18(17)32-19-12-8-14(21(24)22(19)25)9-13-20(27)26-16-10-6-15(7-11-16)23(28)31-29/h2-13,29H,1H3,(H,26,27)/b13-9+. The van der Waals surface area contributed by atoms with E-state index >= 15 is 0 Å². The maximum Gasteiger partial charge on any atom is 0.372 e. The van der Waals surface area contributed by atoms with E-state index in [0.29, 0.717) is 21.3 Å². The lowest BCUT2D eigenvalue weighted by molar-refractivity contribution is -0.182. The number of carbonyl (C=O) groups excluding carboxylic acids is 2. The minimum absolute atomic E-state index is 0.147. The molecule has 0 atom stereocenters. The second-order valence-electron chi connectivity index (χ2n) is 6.31. The van der Waals surface area contributed by atoms with E-state index in [-0.39, 0.29) is 5.56 Å². The van der Waals surface area contributed by atoms with E-state index in [1.165, 1.54) is 42.1 Å². The summed E-state index contributed by atoms with van der Waals surface area (Å²) in [7, 11) is 1.60. The Hall–Kier alpha value is -2.97. The zero-order chi connectivity index (χ0) is 23.1. The van der Waals surface area contributed by atoms with Crippen LogP contribution in [-0.2, 0) is 9.68 Å². The van der Waals surface area contributed by atoms with Gasteiger partial charge in [-0.2, -0.15) is 5.26 Å². The number of nitrogens with one attached hydrogen (secondary N) is 1. The van der Waals surface area contributed by atoms with E-state index in [0.717, 1.165) is 15.5 Å². The highest BCUT2D eigenvalue weighted by atomic mass is 35.5. The van der Waals surface area contributed by atoms with Crippen LogP contribution in [0.2, 0.25) is 10.0 Å². The average Bonchev–Trinajstić information content (AvgIpc) is 2.81. The fourth-order valence-corrected chi connectivity index (χ4v) is 4.20. The molecule has 3 rings (SSSR count). The van der Waals surface area contributed by atoms with Gasteiger partial charge in [0.25, 0.3) is 0 Å². The minimum Gasteiger partial charge on any atom is -0.496 e. The maximum atomic E-state index is 12.2. The van der Waals surface area contributed by atoms with Gasteiger partial charge in [0.05, 0.1) is 27.6 Å². The Labute approximate surface area is 198 Å². The van der Waals surface area contributed by atoms with Crippen LogP contribution in [0.1, 0.15) is 15.9 Å². The van der Waals surface area contributed by atoms with Gasteiger partial charge in [-0.15, -0.1) is 0 Å². The van der Waals surface area contributed by atoms with Crippen molar-refractivity contribution in [3.63, 3.8) is 0 Å². The molecule has 0 bridgehead atoms. The van der Waals surface area contributed by atoms with Crippen LogP contribution in [0.4, 0.5) is 5.69 Å². The normalized spacial score (nSPS) is 10.8. The van der Waals surface area contributed by atoms with Crippen molar-refractivity contribution in [1.29, 1.82) is 0 Å². The first-order valence-corrected chi connectivity index (χ1v) is 10.7. The first-order chi connectivity index (χ1) is 15.4. The number of ether oxygens (including phenoxy) is 1. The van der Waals surface area contributed by atoms with E-state index in [2.05, 4.69) is 10.2 Å². The van der Waals surface area contributed by atoms with Crippen molar-refractivity contribution in [3.05, 3.63) is 87.9 Å². The van der Waals surface area contributed by atoms with Crippen LogP contribution in [0, 0.1) is 0 Å². The molecule has 0 aliphatic carbocycles. The first kappa shape index (κ1) is 23.7. The average molecular weight is 490 g/mol. The fourth-order valence-electron chi connectivity index (χ4n) is 2.67. The van der Waals surface area contributed by atoms with Crippen molar-refractivity contribution in [2.24, 2.45) is 0 Å². The molecule has 9 heteroatoms. The molecule has 3 aromatic carbocycles. The SMILES string of the molecule is COc1ccccc1Sc1ccc(/C=C/C(=O)Nc2ccc(C(=O)OO)cc2)c(Cl)c1Cl. The Bertz CT molecular complexity index is 1170. The number of hydrogen-bond acceptors (Lipinski definition) is 6. The van der Waals surface area contributed by atoms with Gasteiger partial charge in [-0.25, -0.2) is 4.79 Å². The Balaban J connectivity index is 1.70. The second-order valence-corrected chi connectivity index (χ2v) is 8.15. The van der Waals surface area contributed by atoms with Gasteiger partial charge >= 0.3 is 5.97 Å². The summed E-state index contributed by atoms with van der Waals surface area (Å²) in [6.45, 7) is 0. The van der Waals surface area contributed by atoms with Crippen LogP contribution in [0.25, 0.3) is 6.08 Å². The molecule has 0 saturated heterocycles. The molecule has 0 saturated carbocycles. The van der Waals surface area contributed by atoms with Crippen LogP contribution >= 0.6 is 35.0 Å². The fraction of sp³-hybridized carbons (Fsp3) is 0.0435. The van der Waals surface area contributed by atoms with Crippen LogP contribution in [0.5, 0.6) is 5.75 Å². The Morgan fingerprint density at radius 2 is 1.69 bits per heavy atom. The largest absolute Gasteiger partial charge is 0.496 e. The van der Waals surface area contributed by atoms with Gasteiger partial charge < -0.3 is 10.1 Å². The molecule has 0 spiro atoms. The third-order valence-electron chi connectivity index (χ3n) is 4.25. The van der Waals surface area contributed by atoms with Gasteiger partial charge in [0.1, 0.15) is 5.75 Å². The molecule has 0 fully saturated rings.